The van der Waals surface area contributed by atoms with Gasteiger partial charge in [0.2, 0.25) is 0 Å². The molecule has 0 unspecified atom stereocenters. The van der Waals surface area contributed by atoms with E-state index >= 15 is 0 Å². The summed E-state index contributed by atoms with van der Waals surface area (Å²) in [5.41, 5.74) is 0.835. The number of furan rings is 1. The van der Waals surface area contributed by atoms with Gasteiger partial charge in [-0.05, 0) is 12.1 Å². The van der Waals surface area contributed by atoms with Gasteiger partial charge in [-0.15, -0.1) is 11.3 Å². The third-order valence-corrected chi connectivity index (χ3v) is 3.60. The van der Waals surface area contributed by atoms with Crippen molar-refractivity contribution in [3.8, 4) is 10.8 Å². The van der Waals surface area contributed by atoms with Gasteiger partial charge in [-0.25, -0.2) is 4.98 Å². The molecule has 3 aromatic rings. The molecule has 0 aliphatic heterocycles. The molecule has 4 heteroatoms. The molecule has 0 N–H and O–H groups in total. The fourth-order valence-electron chi connectivity index (χ4n) is 1.64. The summed E-state index contributed by atoms with van der Waals surface area (Å²) in [6.45, 7) is 1.54. The average molecular weight is 243 g/mol. The lowest BCUT2D eigenvalue weighted by atomic mass is 10.2. The molecule has 17 heavy (non-hydrogen) atoms. The molecule has 0 bridgehead atoms. The molecule has 0 fully saturated rings. The van der Waals surface area contributed by atoms with Gasteiger partial charge < -0.3 is 4.42 Å². The summed E-state index contributed by atoms with van der Waals surface area (Å²) in [7, 11) is 0. The Labute approximate surface area is 102 Å². The number of rotatable bonds is 2. The first-order chi connectivity index (χ1) is 8.24. The average Bonchev–Trinajstić information content (AvgIpc) is 2.95. The Morgan fingerprint density at radius 1 is 1.35 bits per heavy atom. The number of carbonyl (C=O) groups excluding carboxylic acids is 1. The summed E-state index contributed by atoms with van der Waals surface area (Å²) in [5.74, 6) is 0.744. The van der Waals surface area contributed by atoms with Crippen molar-refractivity contribution in [3.63, 3.8) is 0 Å². The largest absolute Gasteiger partial charge is 0.454 e. The van der Waals surface area contributed by atoms with Crippen molar-refractivity contribution >= 4 is 28.1 Å². The van der Waals surface area contributed by atoms with Crippen LogP contribution >= 0.6 is 11.3 Å². The molecular weight excluding hydrogens is 234 g/mol. The van der Waals surface area contributed by atoms with Gasteiger partial charge in [0.25, 0.3) is 0 Å². The Balaban J connectivity index is 2.10. The smallest absolute Gasteiger partial charge is 0.171 e. The van der Waals surface area contributed by atoms with Gasteiger partial charge in [0.1, 0.15) is 5.58 Å². The third-order valence-electron chi connectivity index (χ3n) is 2.49. The van der Waals surface area contributed by atoms with E-state index in [0.29, 0.717) is 10.6 Å². The molecule has 0 spiro atoms. The predicted molar refractivity (Wildman–Crippen MR) is 67.3 cm³/mol. The molecular formula is C13H9NO2S. The van der Waals surface area contributed by atoms with Crippen molar-refractivity contribution in [2.45, 2.75) is 6.92 Å². The van der Waals surface area contributed by atoms with Crippen LogP contribution in [0.25, 0.3) is 21.7 Å². The monoisotopic (exact) mass is 243 g/mol. The van der Waals surface area contributed by atoms with Crippen molar-refractivity contribution in [2.75, 3.05) is 0 Å². The minimum absolute atomic E-state index is 0.0323. The summed E-state index contributed by atoms with van der Waals surface area (Å²) in [6, 6.07) is 9.74. The summed E-state index contributed by atoms with van der Waals surface area (Å²) >= 11 is 1.35. The third kappa shape index (κ3) is 1.76. The predicted octanol–water partition coefficient (Wildman–Crippen LogP) is 3.76. The molecule has 0 saturated carbocycles. The van der Waals surface area contributed by atoms with Gasteiger partial charge in [-0.2, -0.15) is 0 Å². The Morgan fingerprint density at radius 3 is 2.88 bits per heavy atom. The molecule has 0 atom stereocenters. The lowest BCUT2D eigenvalue weighted by Crippen LogP contribution is -1.83. The zero-order valence-electron chi connectivity index (χ0n) is 9.14. The quantitative estimate of drug-likeness (QED) is 0.643. The number of hydrogen-bond acceptors (Lipinski definition) is 4. The van der Waals surface area contributed by atoms with Crippen molar-refractivity contribution in [1.29, 1.82) is 0 Å². The Morgan fingerprint density at radius 2 is 2.18 bits per heavy atom. The number of aromatic nitrogens is 1. The number of para-hydroxylation sites is 1. The van der Waals surface area contributed by atoms with Crippen molar-refractivity contribution in [3.05, 3.63) is 41.4 Å². The van der Waals surface area contributed by atoms with Crippen LogP contribution in [-0.4, -0.2) is 10.8 Å². The van der Waals surface area contributed by atoms with Crippen LogP contribution in [-0.2, 0) is 0 Å². The maximum absolute atomic E-state index is 11.2. The van der Waals surface area contributed by atoms with Crippen LogP contribution in [0.4, 0.5) is 0 Å². The molecule has 0 saturated heterocycles. The minimum atomic E-state index is 0.0323. The van der Waals surface area contributed by atoms with E-state index in [-0.39, 0.29) is 5.78 Å². The highest BCUT2D eigenvalue weighted by Gasteiger charge is 2.11. The van der Waals surface area contributed by atoms with Crippen LogP contribution in [0.15, 0.2) is 40.9 Å². The number of hydrogen-bond donors (Lipinski definition) is 0. The minimum Gasteiger partial charge on any atom is -0.454 e. The number of benzene rings is 1. The van der Waals surface area contributed by atoms with Crippen LogP contribution in [0.1, 0.15) is 16.6 Å². The first kappa shape index (κ1) is 10.2. The second-order valence-corrected chi connectivity index (χ2v) is 4.76. The van der Waals surface area contributed by atoms with Crippen LogP contribution < -0.4 is 0 Å². The molecule has 0 aliphatic carbocycles. The van der Waals surface area contributed by atoms with Crippen LogP contribution in [0.3, 0.4) is 0 Å². The van der Waals surface area contributed by atoms with E-state index in [1.165, 1.54) is 18.3 Å². The molecule has 0 amide bonds. The molecule has 0 aliphatic rings. The topological polar surface area (TPSA) is 43.1 Å². The summed E-state index contributed by atoms with van der Waals surface area (Å²) < 4.78 is 5.68. The zero-order valence-corrected chi connectivity index (χ0v) is 9.95. The molecule has 3 rings (SSSR count). The summed E-state index contributed by atoms with van der Waals surface area (Å²) in [5, 5.41) is 1.79. The van der Waals surface area contributed by atoms with Crippen molar-refractivity contribution < 1.29 is 9.21 Å². The zero-order chi connectivity index (χ0) is 11.8. The highest BCUT2D eigenvalue weighted by Crippen LogP contribution is 2.30. The second kappa shape index (κ2) is 3.82. The van der Waals surface area contributed by atoms with E-state index in [1.54, 1.807) is 6.20 Å². The lowest BCUT2D eigenvalue weighted by molar-refractivity contribution is 0.102. The van der Waals surface area contributed by atoms with Gasteiger partial charge in [-0.3, -0.25) is 4.79 Å². The van der Waals surface area contributed by atoms with E-state index in [9.17, 15) is 4.79 Å². The van der Waals surface area contributed by atoms with E-state index in [1.807, 2.05) is 30.3 Å². The number of nitrogens with zero attached hydrogens (tertiary/aromatic N) is 1. The fraction of sp³-hybridized carbons (Fsp3) is 0.0769. The van der Waals surface area contributed by atoms with Gasteiger partial charge in [-0.1, -0.05) is 18.2 Å². The maximum Gasteiger partial charge on any atom is 0.171 e. The van der Waals surface area contributed by atoms with E-state index in [2.05, 4.69) is 4.98 Å². The van der Waals surface area contributed by atoms with Gasteiger partial charge >= 0.3 is 0 Å². The van der Waals surface area contributed by atoms with Crippen molar-refractivity contribution in [2.24, 2.45) is 0 Å². The standard InChI is InChI=1S/C13H9NO2S/c1-8(15)12-7-14-13(17-12)11-6-9-4-2-3-5-10(9)16-11/h2-7H,1H3. The van der Waals surface area contributed by atoms with Gasteiger partial charge in [0, 0.05) is 18.5 Å². The van der Waals surface area contributed by atoms with Crippen LogP contribution in [0, 0.1) is 0 Å². The molecule has 2 heterocycles. The highest BCUT2D eigenvalue weighted by atomic mass is 32.1. The Bertz CT molecular complexity index is 663. The molecule has 3 nitrogen and oxygen atoms in total. The Kier molecular flexibility index (Phi) is 2.30. The lowest BCUT2D eigenvalue weighted by Gasteiger charge is -1.86. The van der Waals surface area contributed by atoms with Crippen LogP contribution in [0.2, 0.25) is 0 Å². The highest BCUT2D eigenvalue weighted by molar-refractivity contribution is 7.16. The molecule has 84 valence electrons. The first-order valence-electron chi connectivity index (χ1n) is 5.20. The number of thiazole rings is 1. The van der Waals surface area contributed by atoms with E-state index in [0.717, 1.165) is 16.0 Å². The maximum atomic E-state index is 11.2. The summed E-state index contributed by atoms with van der Waals surface area (Å²) in [4.78, 5) is 16.1. The van der Waals surface area contributed by atoms with Gasteiger partial charge in [0.05, 0.1) is 4.88 Å². The number of fused-ring (bicyclic) bond motifs is 1. The number of Topliss-reactive ketones (excluding diaryl/α,β-unsaturated/α-hetero) is 1. The van der Waals surface area contributed by atoms with Crippen molar-refractivity contribution in [1.82, 2.24) is 4.98 Å². The molecule has 1 aromatic carbocycles. The second-order valence-electron chi connectivity index (χ2n) is 3.73. The summed E-state index contributed by atoms with van der Waals surface area (Å²) in [6.07, 6.45) is 1.59. The molecule has 2 aromatic heterocycles. The number of ketones is 1. The normalized spacial score (nSPS) is 10.9. The van der Waals surface area contributed by atoms with Crippen LogP contribution in [0.5, 0.6) is 0 Å². The van der Waals surface area contributed by atoms with E-state index in [4.69, 9.17) is 4.42 Å². The van der Waals surface area contributed by atoms with Gasteiger partial charge in [0.15, 0.2) is 16.6 Å². The molecule has 0 radical (unpaired) electrons. The first-order valence-corrected chi connectivity index (χ1v) is 6.01. The number of carbonyl (C=O) groups is 1. The Hall–Kier alpha value is -1.94. The van der Waals surface area contributed by atoms with E-state index < -0.39 is 0 Å². The SMILES string of the molecule is CC(=O)c1cnc(-c2cc3ccccc3o2)s1. The fourth-order valence-corrected chi connectivity index (χ4v) is 2.40.